The maximum atomic E-state index is 2.76. The van der Waals surface area contributed by atoms with Gasteiger partial charge in [0.2, 0.25) is 0 Å². The fraction of sp³-hybridized carbons (Fsp3) is 0.107. The molecule has 5 heteroatoms. The van der Waals surface area contributed by atoms with Crippen LogP contribution in [-0.2, 0) is 21.7 Å². The first-order valence-corrected chi connectivity index (χ1v) is 44.6. The highest BCUT2D eigenvalue weighted by Gasteiger charge is 2.53. The summed E-state index contributed by atoms with van der Waals surface area (Å²) in [6.45, 7) is 21.0. The molecule has 4 nitrogen and oxygen atoms in total. The topological polar surface area (TPSA) is 16.3 Å². The van der Waals surface area contributed by atoms with Gasteiger partial charge in [-0.25, -0.2) is 0 Å². The number of hydrogen-bond acceptors (Lipinski definition) is 2. The van der Waals surface area contributed by atoms with Crippen LogP contribution in [0.1, 0.15) is 101 Å². The minimum Gasteiger partial charge on any atom is -0.310 e. The second kappa shape index (κ2) is 28.1. The van der Waals surface area contributed by atoms with E-state index in [0.717, 1.165) is 123 Å². The van der Waals surface area contributed by atoms with E-state index in [4.69, 9.17) is 0 Å². The van der Waals surface area contributed by atoms with Crippen LogP contribution in [-0.4, -0.2) is 15.8 Å². The number of para-hydroxylation sites is 1. The third-order valence-electron chi connectivity index (χ3n) is 27.9. The summed E-state index contributed by atoms with van der Waals surface area (Å²) in [5.41, 5.74) is 43.9. The van der Waals surface area contributed by atoms with Crippen molar-refractivity contribution in [3.05, 3.63) is 439 Å². The summed E-state index contributed by atoms with van der Waals surface area (Å²) >= 11 is 0. The first kappa shape index (κ1) is 75.0. The minimum absolute atomic E-state index is 0.0849. The standard InChI is InChI=1S/C121H93BN4/c1-118(2,3)84-56-62-108-98(68-84)99-69-85(119(4,5)6)57-63-109(99)123(108)87-58-60-105-111(72-87)125(116-93(78-40-20-12-21-41-78)64-82(76-36-16-10-17-37-76)65-94(116)79-42-22-13-23-43-79)113-70-86(120(7,8)9)71-114-115(113)122(105)106-61-59-88(73-112(106)126(114)117-95(80-44-24-14-25-45-80)66-83(77-38-18-11-19-39-77)67-96(117)81-46-26-15-27-47-81)124-107-55-35-31-51-92(107)100-74-97-91-50-30-34-54-103(91)121(104(97)75-110(100)124)101-52-32-28-48-89(101)90-49-29-33-53-102(90)121/h10-75H,1-9H3. The number of fused-ring (bicyclic) bond motifs is 20. The summed E-state index contributed by atoms with van der Waals surface area (Å²) < 4.78 is 5.19. The molecule has 126 heavy (non-hydrogen) atoms. The van der Waals surface area contributed by atoms with E-state index in [1.165, 1.54) is 110 Å². The fourth-order valence-electron chi connectivity index (χ4n) is 21.9. The van der Waals surface area contributed by atoms with E-state index in [1.54, 1.807) is 0 Å². The van der Waals surface area contributed by atoms with Crippen molar-refractivity contribution in [2.75, 3.05) is 9.80 Å². The highest BCUT2D eigenvalue weighted by atomic mass is 15.2. The van der Waals surface area contributed by atoms with E-state index < -0.39 is 10.8 Å². The molecule has 24 rings (SSSR count). The third kappa shape index (κ3) is 11.4. The zero-order chi connectivity index (χ0) is 84.8. The van der Waals surface area contributed by atoms with Crippen LogP contribution in [0.25, 0.3) is 144 Å². The lowest BCUT2D eigenvalue weighted by Crippen LogP contribution is -2.61. The molecule has 4 aliphatic rings. The Hall–Kier alpha value is -14.8. The van der Waals surface area contributed by atoms with Gasteiger partial charge in [-0.2, -0.15) is 0 Å². The monoisotopic (exact) mass is 1610 g/mol. The molecule has 0 atom stereocenters. The molecule has 2 aliphatic heterocycles. The summed E-state index contributed by atoms with van der Waals surface area (Å²) in [6.07, 6.45) is 0. The molecule has 0 saturated carbocycles. The average Bonchev–Trinajstić information content (AvgIpc) is 1.46. The predicted octanol–water partition coefficient (Wildman–Crippen LogP) is 30.2. The van der Waals surface area contributed by atoms with Gasteiger partial charge in [-0.15, -0.1) is 0 Å². The molecule has 20 aromatic rings. The van der Waals surface area contributed by atoms with Crippen LogP contribution in [0.15, 0.2) is 400 Å². The number of anilines is 6. The maximum absolute atomic E-state index is 2.76. The highest BCUT2D eigenvalue weighted by Crippen LogP contribution is 2.64. The summed E-state index contributed by atoms with van der Waals surface area (Å²) in [5, 5.41) is 4.93. The van der Waals surface area contributed by atoms with E-state index in [-0.39, 0.29) is 17.5 Å². The summed E-state index contributed by atoms with van der Waals surface area (Å²) in [4.78, 5) is 5.51. The average molecular weight is 1610 g/mol. The molecule has 18 aromatic carbocycles. The van der Waals surface area contributed by atoms with Crippen LogP contribution < -0.4 is 26.2 Å². The van der Waals surface area contributed by atoms with Crippen molar-refractivity contribution < 1.29 is 0 Å². The summed E-state index contributed by atoms with van der Waals surface area (Å²) in [7, 11) is 0. The Balaban J connectivity index is 0.858. The van der Waals surface area contributed by atoms with E-state index in [2.05, 4.69) is 482 Å². The Labute approximate surface area is 738 Å². The molecule has 2 aliphatic carbocycles. The molecular formula is C121H93BN4. The first-order chi connectivity index (χ1) is 61.4. The van der Waals surface area contributed by atoms with E-state index in [1.807, 2.05) is 0 Å². The van der Waals surface area contributed by atoms with Gasteiger partial charge in [-0.1, -0.05) is 360 Å². The molecule has 0 radical (unpaired) electrons. The minimum atomic E-state index is -0.566. The van der Waals surface area contributed by atoms with Crippen molar-refractivity contribution >= 4 is 101 Å². The van der Waals surface area contributed by atoms with Crippen molar-refractivity contribution in [3.63, 3.8) is 0 Å². The van der Waals surface area contributed by atoms with Crippen LogP contribution in [0.3, 0.4) is 0 Å². The number of hydrogen-bond donors (Lipinski definition) is 0. The molecule has 600 valence electrons. The Kier molecular flexibility index (Phi) is 16.7. The lowest BCUT2D eigenvalue weighted by Gasteiger charge is -2.46. The zero-order valence-corrected chi connectivity index (χ0v) is 72.5. The van der Waals surface area contributed by atoms with Crippen LogP contribution in [0, 0.1) is 0 Å². The maximum Gasteiger partial charge on any atom is 0.252 e. The third-order valence-corrected chi connectivity index (χ3v) is 27.9. The van der Waals surface area contributed by atoms with Gasteiger partial charge in [0, 0.05) is 77.9 Å². The molecule has 0 saturated heterocycles. The normalized spacial score (nSPS) is 13.5. The van der Waals surface area contributed by atoms with Crippen LogP contribution in [0.2, 0.25) is 0 Å². The van der Waals surface area contributed by atoms with Gasteiger partial charge in [-0.3, -0.25) is 0 Å². The molecule has 0 N–H and O–H groups in total. The van der Waals surface area contributed by atoms with Gasteiger partial charge in [0.05, 0.1) is 38.9 Å². The highest BCUT2D eigenvalue weighted by molar-refractivity contribution is 7.00. The van der Waals surface area contributed by atoms with Gasteiger partial charge < -0.3 is 18.9 Å². The zero-order valence-electron chi connectivity index (χ0n) is 72.5. The number of aromatic nitrogens is 2. The van der Waals surface area contributed by atoms with Gasteiger partial charge in [-0.05, 0) is 241 Å². The van der Waals surface area contributed by atoms with Crippen molar-refractivity contribution in [1.29, 1.82) is 0 Å². The largest absolute Gasteiger partial charge is 0.310 e. The molecule has 0 amide bonds. The Bertz CT molecular complexity index is 7630. The smallest absolute Gasteiger partial charge is 0.252 e. The lowest BCUT2D eigenvalue weighted by atomic mass is 9.33. The van der Waals surface area contributed by atoms with Crippen LogP contribution >= 0.6 is 0 Å². The van der Waals surface area contributed by atoms with Gasteiger partial charge in [0.15, 0.2) is 0 Å². The SMILES string of the molecule is CC(C)(C)c1cc2c3c(c1)N(c1c(-c4ccccc4)cc(-c4ccccc4)cc1-c1ccccc1)c1cc(-n4c5ccccc5c5cc6c(cc54)C4(c5ccccc5-c5ccccc54)c4ccccc4-6)ccc1B3c1ccc(-n3c4ccc(C(C)(C)C)cc4c4cc(C(C)(C)C)ccc43)cc1N2c1c(-c2ccccc2)cc(-c2ccccc2)cc1-c1ccccc1. The lowest BCUT2D eigenvalue weighted by molar-refractivity contribution is 0.590. The molecule has 0 fully saturated rings. The Morgan fingerprint density at radius 2 is 0.548 bits per heavy atom. The molecular weight excluding hydrogens is 1520 g/mol. The fourth-order valence-corrected chi connectivity index (χ4v) is 21.9. The Morgan fingerprint density at radius 1 is 0.214 bits per heavy atom. The number of rotatable bonds is 10. The van der Waals surface area contributed by atoms with E-state index in [0.29, 0.717) is 0 Å². The van der Waals surface area contributed by atoms with Gasteiger partial charge in [0.1, 0.15) is 0 Å². The van der Waals surface area contributed by atoms with Crippen LogP contribution in [0.5, 0.6) is 0 Å². The Morgan fingerprint density at radius 3 is 0.944 bits per heavy atom. The molecule has 0 bridgehead atoms. The van der Waals surface area contributed by atoms with Gasteiger partial charge >= 0.3 is 0 Å². The number of nitrogens with zero attached hydrogens (tertiary/aromatic N) is 4. The molecule has 4 heterocycles. The van der Waals surface area contributed by atoms with E-state index >= 15 is 0 Å². The number of benzene rings is 18. The second-order valence-electron chi connectivity index (χ2n) is 38.3. The van der Waals surface area contributed by atoms with E-state index in [9.17, 15) is 0 Å². The predicted molar refractivity (Wildman–Crippen MR) is 534 cm³/mol. The molecule has 1 spiro atoms. The summed E-state index contributed by atoms with van der Waals surface area (Å²) in [6, 6.07) is 154. The quantitative estimate of drug-likeness (QED) is 0.127. The van der Waals surface area contributed by atoms with Crippen molar-refractivity contribution in [2.45, 2.75) is 84.0 Å². The molecule has 2 aromatic heterocycles. The van der Waals surface area contributed by atoms with Crippen LogP contribution in [0.4, 0.5) is 34.1 Å². The van der Waals surface area contributed by atoms with Crippen molar-refractivity contribution in [3.8, 4) is 100 Å². The summed E-state index contributed by atoms with van der Waals surface area (Å²) in [5.74, 6) is 0. The first-order valence-electron chi connectivity index (χ1n) is 44.6. The second-order valence-corrected chi connectivity index (χ2v) is 38.3. The molecule has 0 unspecified atom stereocenters. The van der Waals surface area contributed by atoms with Crippen molar-refractivity contribution in [2.24, 2.45) is 0 Å². The van der Waals surface area contributed by atoms with Gasteiger partial charge in [0.25, 0.3) is 6.71 Å². The van der Waals surface area contributed by atoms with Crippen molar-refractivity contribution in [1.82, 2.24) is 9.13 Å².